The number of likely N-dealkylation sites (N-methyl/N-ethyl adjacent to an activating group) is 2. The topological polar surface area (TPSA) is 6.48 Å². The fourth-order valence-electron chi connectivity index (χ4n) is 1.24. The summed E-state index contributed by atoms with van der Waals surface area (Å²) in [4.78, 5) is 4.67. The van der Waals surface area contributed by atoms with Gasteiger partial charge in [-0.15, -0.1) is 0 Å². The van der Waals surface area contributed by atoms with Gasteiger partial charge in [0.1, 0.15) is 0 Å². The maximum absolute atomic E-state index is 2.42. The van der Waals surface area contributed by atoms with E-state index >= 15 is 0 Å². The Morgan fingerprint density at radius 2 is 1.43 bits per heavy atom. The van der Waals surface area contributed by atoms with Gasteiger partial charge in [0, 0.05) is 6.54 Å². The molecule has 86 valence electrons. The van der Waals surface area contributed by atoms with Gasteiger partial charge in [0.25, 0.3) is 0 Å². The zero-order valence-electron chi connectivity index (χ0n) is 10.9. The third kappa shape index (κ3) is 9.96. The monoisotopic (exact) mass is 202 g/mol. The Balaban J connectivity index is 3.42. The molecule has 0 aromatic carbocycles. The van der Waals surface area contributed by atoms with Gasteiger partial charge in [0.05, 0.1) is 27.7 Å². The first-order chi connectivity index (χ1) is 6.31. The van der Waals surface area contributed by atoms with Crippen molar-refractivity contribution < 1.29 is 4.48 Å². The summed E-state index contributed by atoms with van der Waals surface area (Å²) in [6, 6.07) is 0. The average Bonchev–Trinajstić information content (AvgIpc) is 1.99. The van der Waals surface area contributed by atoms with Crippen LogP contribution in [0.25, 0.3) is 0 Å². The molecule has 3 heteroatoms. The van der Waals surface area contributed by atoms with Gasteiger partial charge in [-0.05, 0) is 40.7 Å². The molecule has 0 amide bonds. The van der Waals surface area contributed by atoms with E-state index in [2.05, 4.69) is 52.1 Å². The van der Waals surface area contributed by atoms with Crippen LogP contribution in [0, 0.1) is 0 Å². The largest absolute Gasteiger partial charge is 0.330 e. The van der Waals surface area contributed by atoms with Crippen molar-refractivity contribution in [2.24, 2.45) is 0 Å². The summed E-state index contributed by atoms with van der Waals surface area (Å²) in [5.41, 5.74) is 0. The van der Waals surface area contributed by atoms with Crippen LogP contribution < -0.4 is 0 Å². The van der Waals surface area contributed by atoms with Crippen LogP contribution in [-0.2, 0) is 0 Å². The summed E-state index contributed by atoms with van der Waals surface area (Å²) in [5, 5.41) is 0. The zero-order valence-corrected chi connectivity index (χ0v) is 10.9. The second-order valence-electron chi connectivity index (χ2n) is 5.47. The molecule has 3 nitrogen and oxygen atoms in total. The Labute approximate surface area is 89.9 Å². The highest BCUT2D eigenvalue weighted by atomic mass is 15.3. The second-order valence-corrected chi connectivity index (χ2v) is 5.47. The van der Waals surface area contributed by atoms with E-state index in [-0.39, 0.29) is 0 Å². The third-order valence-electron chi connectivity index (χ3n) is 2.30. The van der Waals surface area contributed by atoms with Crippen LogP contribution in [-0.4, -0.2) is 82.7 Å². The van der Waals surface area contributed by atoms with Gasteiger partial charge in [-0.25, -0.2) is 0 Å². The van der Waals surface area contributed by atoms with E-state index in [1.54, 1.807) is 0 Å². The Morgan fingerprint density at radius 3 is 1.86 bits per heavy atom. The highest BCUT2D eigenvalue weighted by molar-refractivity contribution is 4.53. The van der Waals surface area contributed by atoms with Crippen LogP contribution in [0.4, 0.5) is 0 Å². The molecule has 0 bridgehead atoms. The predicted molar refractivity (Wildman–Crippen MR) is 63.6 cm³/mol. The van der Waals surface area contributed by atoms with Crippen LogP contribution in [0.1, 0.15) is 6.42 Å². The molecule has 0 fully saturated rings. The SMILES string of the molecule is CN(C)CCCN(C)CC[N+](C)(C)C. The standard InChI is InChI=1S/C11H28N3/c1-12(2)8-7-9-13(3)10-11-14(4,5)6/h7-11H2,1-6H3/q+1. The summed E-state index contributed by atoms with van der Waals surface area (Å²) in [5.74, 6) is 0. The molecule has 0 atom stereocenters. The summed E-state index contributed by atoms with van der Waals surface area (Å²) < 4.78 is 1.05. The van der Waals surface area contributed by atoms with E-state index in [1.165, 1.54) is 32.6 Å². The van der Waals surface area contributed by atoms with Crippen LogP contribution >= 0.6 is 0 Å². The first kappa shape index (κ1) is 13.9. The first-order valence-electron chi connectivity index (χ1n) is 5.45. The van der Waals surface area contributed by atoms with E-state index in [9.17, 15) is 0 Å². The van der Waals surface area contributed by atoms with E-state index < -0.39 is 0 Å². The molecule has 0 saturated carbocycles. The number of rotatable bonds is 7. The normalized spacial score (nSPS) is 12.9. The highest BCUT2D eigenvalue weighted by Gasteiger charge is 2.08. The highest BCUT2D eigenvalue weighted by Crippen LogP contribution is 1.93. The zero-order chi connectivity index (χ0) is 11.2. The maximum atomic E-state index is 2.42. The molecular weight excluding hydrogens is 174 g/mol. The fourth-order valence-corrected chi connectivity index (χ4v) is 1.24. The first-order valence-corrected chi connectivity index (χ1v) is 5.45. The van der Waals surface area contributed by atoms with Crippen molar-refractivity contribution in [1.82, 2.24) is 9.80 Å². The van der Waals surface area contributed by atoms with Crippen LogP contribution in [0.15, 0.2) is 0 Å². The van der Waals surface area contributed by atoms with Crippen molar-refractivity contribution >= 4 is 0 Å². The molecule has 0 unspecified atom stereocenters. The Bertz CT molecular complexity index is 138. The van der Waals surface area contributed by atoms with Crippen molar-refractivity contribution in [3.05, 3.63) is 0 Å². The maximum Gasteiger partial charge on any atom is 0.0909 e. The fraction of sp³-hybridized carbons (Fsp3) is 1.00. The molecule has 0 aliphatic rings. The quantitative estimate of drug-likeness (QED) is 0.557. The van der Waals surface area contributed by atoms with E-state index in [4.69, 9.17) is 0 Å². The lowest BCUT2D eigenvalue weighted by Gasteiger charge is -2.27. The van der Waals surface area contributed by atoms with Crippen molar-refractivity contribution in [3.63, 3.8) is 0 Å². The molecule has 0 aromatic heterocycles. The van der Waals surface area contributed by atoms with E-state index in [0.29, 0.717) is 0 Å². The molecular formula is C11H28N3+. The van der Waals surface area contributed by atoms with Gasteiger partial charge in [-0.2, -0.15) is 0 Å². The summed E-state index contributed by atoms with van der Waals surface area (Å²) in [7, 11) is 13.2. The Hall–Kier alpha value is -0.120. The summed E-state index contributed by atoms with van der Waals surface area (Å²) in [6.45, 7) is 4.81. The van der Waals surface area contributed by atoms with Crippen molar-refractivity contribution in [2.45, 2.75) is 6.42 Å². The summed E-state index contributed by atoms with van der Waals surface area (Å²) in [6.07, 6.45) is 1.26. The van der Waals surface area contributed by atoms with Crippen LogP contribution in [0.3, 0.4) is 0 Å². The number of hydrogen-bond donors (Lipinski definition) is 0. The molecule has 0 saturated heterocycles. The smallest absolute Gasteiger partial charge is 0.0909 e. The van der Waals surface area contributed by atoms with Crippen LogP contribution in [0.2, 0.25) is 0 Å². The molecule has 0 N–H and O–H groups in total. The molecule has 14 heavy (non-hydrogen) atoms. The number of nitrogens with zero attached hydrogens (tertiary/aromatic N) is 3. The third-order valence-corrected chi connectivity index (χ3v) is 2.30. The van der Waals surface area contributed by atoms with Crippen molar-refractivity contribution in [1.29, 1.82) is 0 Å². The number of hydrogen-bond acceptors (Lipinski definition) is 2. The molecule has 0 heterocycles. The van der Waals surface area contributed by atoms with Gasteiger partial charge >= 0.3 is 0 Å². The number of quaternary nitrogens is 1. The van der Waals surface area contributed by atoms with Gasteiger partial charge in [0.15, 0.2) is 0 Å². The lowest BCUT2D eigenvalue weighted by atomic mass is 10.3. The lowest BCUT2D eigenvalue weighted by molar-refractivity contribution is -0.869. The summed E-state index contributed by atoms with van der Waals surface area (Å²) >= 11 is 0. The van der Waals surface area contributed by atoms with E-state index in [1.807, 2.05) is 0 Å². The van der Waals surface area contributed by atoms with Gasteiger partial charge < -0.3 is 14.3 Å². The molecule has 0 rings (SSSR count). The van der Waals surface area contributed by atoms with Gasteiger partial charge in [-0.1, -0.05) is 0 Å². The van der Waals surface area contributed by atoms with E-state index in [0.717, 1.165) is 4.48 Å². The second kappa shape index (κ2) is 6.38. The minimum Gasteiger partial charge on any atom is -0.330 e. The predicted octanol–water partition coefficient (Wildman–Crippen LogP) is 0.576. The van der Waals surface area contributed by atoms with Crippen molar-refractivity contribution in [2.75, 3.05) is 68.5 Å². The minimum atomic E-state index is 1.05. The Kier molecular flexibility index (Phi) is 6.33. The van der Waals surface area contributed by atoms with Crippen molar-refractivity contribution in [3.8, 4) is 0 Å². The molecule has 0 aliphatic heterocycles. The molecule has 0 aromatic rings. The van der Waals surface area contributed by atoms with Gasteiger partial charge in [-0.3, -0.25) is 0 Å². The molecule has 0 spiro atoms. The minimum absolute atomic E-state index is 1.05. The van der Waals surface area contributed by atoms with Crippen LogP contribution in [0.5, 0.6) is 0 Å². The molecule has 0 aliphatic carbocycles. The lowest BCUT2D eigenvalue weighted by Crippen LogP contribution is -2.41. The average molecular weight is 202 g/mol. The van der Waals surface area contributed by atoms with Gasteiger partial charge in [0.2, 0.25) is 0 Å². The Morgan fingerprint density at radius 1 is 0.857 bits per heavy atom. The molecule has 0 radical (unpaired) electrons.